The number of nitro groups is 1. The highest BCUT2D eigenvalue weighted by Crippen LogP contribution is 2.29. The molecule has 0 amide bonds. The molecule has 0 radical (unpaired) electrons. The van der Waals surface area contributed by atoms with Crippen molar-refractivity contribution >= 4 is 5.82 Å². The second-order valence-corrected chi connectivity index (χ2v) is 4.28. The van der Waals surface area contributed by atoms with Gasteiger partial charge in [0, 0.05) is 6.07 Å². The van der Waals surface area contributed by atoms with Crippen molar-refractivity contribution in [3.63, 3.8) is 0 Å². The van der Waals surface area contributed by atoms with Crippen molar-refractivity contribution in [1.82, 2.24) is 10.3 Å². The molecule has 1 aromatic rings. The van der Waals surface area contributed by atoms with Crippen molar-refractivity contribution in [1.29, 1.82) is 0 Å². The molecule has 1 N–H and O–H groups in total. The van der Waals surface area contributed by atoms with Crippen LogP contribution in [-0.4, -0.2) is 23.0 Å². The third-order valence-corrected chi connectivity index (χ3v) is 3.17. The smallest absolute Gasteiger partial charge is 0.358 e. The molecule has 1 fully saturated rings. The van der Waals surface area contributed by atoms with E-state index < -0.39 is 4.92 Å². The molecule has 2 heterocycles. The van der Waals surface area contributed by atoms with Crippen LogP contribution in [0.15, 0.2) is 18.3 Å². The Kier molecular flexibility index (Phi) is 3.14. The zero-order valence-corrected chi connectivity index (χ0v) is 9.22. The van der Waals surface area contributed by atoms with Crippen LogP contribution in [0.1, 0.15) is 24.8 Å². The minimum Gasteiger partial charge on any atom is -0.358 e. The van der Waals surface area contributed by atoms with Gasteiger partial charge in [-0.05, 0) is 52.9 Å². The molecular formula is C11H15N3O2. The molecule has 0 aromatic carbocycles. The third kappa shape index (κ3) is 2.19. The summed E-state index contributed by atoms with van der Waals surface area (Å²) in [6.07, 6.45) is 2.71. The van der Waals surface area contributed by atoms with E-state index in [2.05, 4.69) is 17.2 Å². The average molecular weight is 221 g/mol. The summed E-state index contributed by atoms with van der Waals surface area (Å²) < 4.78 is 0. The van der Waals surface area contributed by atoms with E-state index >= 15 is 0 Å². The van der Waals surface area contributed by atoms with Crippen LogP contribution in [-0.2, 0) is 0 Å². The first-order chi connectivity index (χ1) is 7.68. The van der Waals surface area contributed by atoms with E-state index in [1.54, 1.807) is 6.20 Å². The minimum atomic E-state index is -0.463. The van der Waals surface area contributed by atoms with E-state index in [0.717, 1.165) is 25.1 Å². The van der Waals surface area contributed by atoms with Crippen molar-refractivity contribution in [3.05, 3.63) is 34.0 Å². The Morgan fingerprint density at radius 3 is 2.94 bits per heavy atom. The largest absolute Gasteiger partial charge is 0.363 e. The van der Waals surface area contributed by atoms with Crippen molar-refractivity contribution in [2.24, 2.45) is 5.92 Å². The molecule has 1 aromatic heterocycles. The van der Waals surface area contributed by atoms with Gasteiger partial charge in [0.05, 0.1) is 0 Å². The first-order valence-corrected chi connectivity index (χ1v) is 5.49. The van der Waals surface area contributed by atoms with Crippen LogP contribution in [0.25, 0.3) is 0 Å². The highest BCUT2D eigenvalue weighted by Gasteiger charge is 2.24. The standard InChI is InChI=1S/C11H15N3O2/c1-8-6-12-5-4-10(8)9-2-3-11(13-7-9)14(15)16/h2-3,7-8,10,12H,4-6H2,1H3/t8-,10?/m1/s1. The van der Waals surface area contributed by atoms with Crippen LogP contribution >= 0.6 is 0 Å². The van der Waals surface area contributed by atoms with Crippen LogP contribution in [0.3, 0.4) is 0 Å². The number of nitrogens with one attached hydrogen (secondary N) is 1. The lowest BCUT2D eigenvalue weighted by molar-refractivity contribution is -0.389. The number of hydrogen-bond donors (Lipinski definition) is 1. The first kappa shape index (κ1) is 11.0. The number of rotatable bonds is 2. The van der Waals surface area contributed by atoms with Crippen molar-refractivity contribution in [3.8, 4) is 0 Å². The van der Waals surface area contributed by atoms with Gasteiger partial charge in [-0.3, -0.25) is 0 Å². The maximum atomic E-state index is 10.5. The summed E-state index contributed by atoms with van der Waals surface area (Å²) in [5.41, 5.74) is 1.11. The normalized spacial score (nSPS) is 25.3. The lowest BCUT2D eigenvalue weighted by Gasteiger charge is -2.28. The molecule has 0 saturated carbocycles. The second-order valence-electron chi connectivity index (χ2n) is 4.28. The van der Waals surface area contributed by atoms with Gasteiger partial charge in [-0.2, -0.15) is 0 Å². The number of hydrogen-bond acceptors (Lipinski definition) is 4. The average Bonchev–Trinajstić information content (AvgIpc) is 2.30. The monoisotopic (exact) mass is 221 g/mol. The van der Waals surface area contributed by atoms with E-state index in [1.807, 2.05) is 6.07 Å². The molecule has 86 valence electrons. The molecule has 1 unspecified atom stereocenters. The van der Waals surface area contributed by atoms with Gasteiger partial charge in [0.15, 0.2) is 0 Å². The highest BCUT2D eigenvalue weighted by molar-refractivity contribution is 5.26. The van der Waals surface area contributed by atoms with Crippen LogP contribution in [0, 0.1) is 16.0 Å². The van der Waals surface area contributed by atoms with Gasteiger partial charge in [0.1, 0.15) is 6.20 Å². The molecule has 2 rings (SSSR count). The molecular weight excluding hydrogens is 206 g/mol. The molecule has 1 aliphatic heterocycles. The molecule has 0 spiro atoms. The van der Waals surface area contributed by atoms with E-state index in [1.165, 1.54) is 6.07 Å². The van der Waals surface area contributed by atoms with Gasteiger partial charge in [0.2, 0.25) is 0 Å². The van der Waals surface area contributed by atoms with Gasteiger partial charge >= 0.3 is 5.82 Å². The van der Waals surface area contributed by atoms with Gasteiger partial charge < -0.3 is 15.4 Å². The van der Waals surface area contributed by atoms with E-state index in [9.17, 15) is 10.1 Å². The Morgan fingerprint density at radius 1 is 1.56 bits per heavy atom. The zero-order valence-electron chi connectivity index (χ0n) is 9.22. The SMILES string of the molecule is C[C@@H]1CNCCC1c1ccc([N+](=O)[O-])nc1. The first-order valence-electron chi connectivity index (χ1n) is 5.49. The van der Waals surface area contributed by atoms with E-state index in [0.29, 0.717) is 11.8 Å². The Hall–Kier alpha value is -1.49. The topological polar surface area (TPSA) is 68.1 Å². The third-order valence-electron chi connectivity index (χ3n) is 3.17. The summed E-state index contributed by atoms with van der Waals surface area (Å²) in [6.45, 7) is 4.20. The lowest BCUT2D eigenvalue weighted by atomic mass is 9.83. The lowest BCUT2D eigenvalue weighted by Crippen LogP contribution is -2.33. The molecule has 0 bridgehead atoms. The Labute approximate surface area is 94.0 Å². The summed E-state index contributed by atoms with van der Waals surface area (Å²) in [6, 6.07) is 3.32. The van der Waals surface area contributed by atoms with E-state index in [4.69, 9.17) is 0 Å². The number of aromatic nitrogens is 1. The zero-order chi connectivity index (χ0) is 11.5. The molecule has 2 atom stereocenters. The molecule has 1 aliphatic rings. The van der Waals surface area contributed by atoms with Crippen molar-refractivity contribution < 1.29 is 4.92 Å². The maximum absolute atomic E-state index is 10.5. The van der Waals surface area contributed by atoms with Crippen LogP contribution in [0.4, 0.5) is 5.82 Å². The van der Waals surface area contributed by atoms with Crippen LogP contribution < -0.4 is 5.32 Å². The molecule has 5 heteroatoms. The number of pyridine rings is 1. The fourth-order valence-electron chi connectivity index (χ4n) is 2.23. The second kappa shape index (κ2) is 4.57. The van der Waals surface area contributed by atoms with Gasteiger partial charge in [-0.1, -0.05) is 6.92 Å². The van der Waals surface area contributed by atoms with Gasteiger partial charge in [0.25, 0.3) is 0 Å². The Morgan fingerprint density at radius 2 is 2.38 bits per heavy atom. The molecule has 1 saturated heterocycles. The Balaban J connectivity index is 2.17. The summed E-state index contributed by atoms with van der Waals surface area (Å²) in [5, 5.41) is 13.8. The van der Waals surface area contributed by atoms with Gasteiger partial charge in [-0.15, -0.1) is 0 Å². The fraction of sp³-hybridized carbons (Fsp3) is 0.545. The highest BCUT2D eigenvalue weighted by atomic mass is 16.6. The summed E-state index contributed by atoms with van der Waals surface area (Å²) in [7, 11) is 0. The quantitative estimate of drug-likeness (QED) is 0.609. The predicted molar refractivity (Wildman–Crippen MR) is 60.3 cm³/mol. The summed E-state index contributed by atoms with van der Waals surface area (Å²) in [4.78, 5) is 13.9. The summed E-state index contributed by atoms with van der Waals surface area (Å²) in [5.74, 6) is 0.942. The van der Waals surface area contributed by atoms with Crippen LogP contribution in [0.2, 0.25) is 0 Å². The minimum absolute atomic E-state index is 0.0784. The summed E-state index contributed by atoms with van der Waals surface area (Å²) >= 11 is 0. The molecule has 16 heavy (non-hydrogen) atoms. The number of nitrogens with zero attached hydrogens (tertiary/aromatic N) is 2. The van der Waals surface area contributed by atoms with Crippen LogP contribution in [0.5, 0.6) is 0 Å². The predicted octanol–water partition coefficient (Wildman–Crippen LogP) is 1.70. The van der Waals surface area contributed by atoms with Crippen molar-refractivity contribution in [2.75, 3.05) is 13.1 Å². The molecule has 5 nitrogen and oxygen atoms in total. The molecule has 0 aliphatic carbocycles. The van der Waals surface area contributed by atoms with E-state index in [-0.39, 0.29) is 5.82 Å². The van der Waals surface area contributed by atoms with Gasteiger partial charge in [-0.25, -0.2) is 0 Å². The number of piperidine rings is 1. The maximum Gasteiger partial charge on any atom is 0.363 e. The Bertz CT molecular complexity index is 377. The fourth-order valence-corrected chi connectivity index (χ4v) is 2.23. The van der Waals surface area contributed by atoms with Crippen molar-refractivity contribution in [2.45, 2.75) is 19.3 Å².